The van der Waals surface area contributed by atoms with Crippen LogP contribution >= 0.6 is 0 Å². The van der Waals surface area contributed by atoms with Gasteiger partial charge in [0.15, 0.2) is 0 Å². The second kappa shape index (κ2) is 8.37. The normalized spacial score (nSPS) is 14.9. The number of amides is 1. The Morgan fingerprint density at radius 2 is 2.12 bits per heavy atom. The molecule has 0 aromatic rings. The van der Waals surface area contributed by atoms with E-state index in [1.165, 1.54) is 14.0 Å². The highest BCUT2D eigenvalue weighted by Gasteiger charge is 2.19. The lowest BCUT2D eigenvalue weighted by molar-refractivity contribution is -0.123. The summed E-state index contributed by atoms with van der Waals surface area (Å²) in [4.78, 5) is 11.3. The van der Waals surface area contributed by atoms with Crippen molar-refractivity contribution in [3.63, 3.8) is 0 Å². The second-order valence-corrected chi connectivity index (χ2v) is 3.32. The highest BCUT2D eigenvalue weighted by Crippen LogP contribution is 1.98. The molecule has 0 saturated carbocycles. The molecular weight excluding hydrogens is 222 g/mol. The number of aliphatic hydroxyl groups excluding tert-OH is 1. The van der Waals surface area contributed by atoms with Crippen molar-refractivity contribution in [2.75, 3.05) is 26.8 Å². The molecule has 0 fully saturated rings. The van der Waals surface area contributed by atoms with Crippen molar-refractivity contribution in [1.82, 2.24) is 10.6 Å². The van der Waals surface area contributed by atoms with Crippen LogP contribution in [0.25, 0.3) is 0 Å². The Kier molecular flexibility index (Phi) is 7.96. The Morgan fingerprint density at radius 3 is 2.62 bits per heavy atom. The molecule has 2 atom stereocenters. The molecule has 0 aliphatic rings. The smallest absolute Gasteiger partial charge is 0.265 e. The summed E-state index contributed by atoms with van der Waals surface area (Å²) >= 11 is 0. The summed E-state index contributed by atoms with van der Waals surface area (Å²) in [6.07, 6.45) is -4.56. The topological polar surface area (TPSA) is 70.6 Å². The van der Waals surface area contributed by atoms with Crippen LogP contribution in [0.1, 0.15) is 6.92 Å². The fraction of sp³-hybridized carbons (Fsp3) is 0.889. The van der Waals surface area contributed by atoms with Gasteiger partial charge in [-0.2, -0.15) is 0 Å². The van der Waals surface area contributed by atoms with Gasteiger partial charge in [-0.1, -0.05) is 0 Å². The molecule has 0 aliphatic heterocycles. The third-order valence-corrected chi connectivity index (χ3v) is 1.92. The van der Waals surface area contributed by atoms with Gasteiger partial charge in [-0.05, 0) is 6.92 Å². The average molecular weight is 240 g/mol. The molecule has 0 aromatic heterocycles. The van der Waals surface area contributed by atoms with Crippen LogP contribution in [-0.4, -0.2) is 56.4 Å². The first-order valence-corrected chi connectivity index (χ1v) is 4.95. The zero-order valence-electron chi connectivity index (χ0n) is 9.37. The van der Waals surface area contributed by atoms with Gasteiger partial charge in [0, 0.05) is 20.2 Å². The molecule has 16 heavy (non-hydrogen) atoms. The van der Waals surface area contributed by atoms with Crippen molar-refractivity contribution in [2.24, 2.45) is 0 Å². The molecule has 0 radical (unpaired) electrons. The maximum Gasteiger partial charge on any atom is 0.265 e. The third-order valence-electron chi connectivity index (χ3n) is 1.92. The minimum atomic E-state index is -2.81. The number of hydrogen-bond acceptors (Lipinski definition) is 4. The molecule has 0 aromatic carbocycles. The van der Waals surface area contributed by atoms with Gasteiger partial charge in [0.1, 0.15) is 6.10 Å². The highest BCUT2D eigenvalue weighted by atomic mass is 19.3. The van der Waals surface area contributed by atoms with Crippen molar-refractivity contribution in [3.05, 3.63) is 0 Å². The molecule has 2 unspecified atom stereocenters. The molecular formula is C9H18F2N2O3. The fourth-order valence-corrected chi connectivity index (χ4v) is 0.909. The number of rotatable bonds is 8. The van der Waals surface area contributed by atoms with Gasteiger partial charge in [0.25, 0.3) is 6.43 Å². The fourth-order valence-electron chi connectivity index (χ4n) is 0.909. The standard InChI is InChI=1S/C9H18F2N2O3/c1-6(9(15)12-3-4-16-2)13-5-7(14)8(10)11/h6-8,13-14H,3-5H2,1-2H3,(H,12,15). The van der Waals surface area contributed by atoms with Crippen LogP contribution in [-0.2, 0) is 9.53 Å². The van der Waals surface area contributed by atoms with Gasteiger partial charge >= 0.3 is 0 Å². The van der Waals surface area contributed by atoms with Gasteiger partial charge in [-0.3, -0.25) is 4.79 Å². The van der Waals surface area contributed by atoms with Gasteiger partial charge in [0.05, 0.1) is 12.6 Å². The number of methoxy groups -OCH3 is 1. The Hall–Kier alpha value is -0.790. The summed E-state index contributed by atoms with van der Waals surface area (Å²) < 4.78 is 28.6. The van der Waals surface area contributed by atoms with E-state index in [9.17, 15) is 13.6 Å². The second-order valence-electron chi connectivity index (χ2n) is 3.32. The lowest BCUT2D eigenvalue weighted by atomic mass is 10.3. The zero-order chi connectivity index (χ0) is 12.6. The number of alkyl halides is 2. The molecule has 0 aliphatic carbocycles. The van der Waals surface area contributed by atoms with E-state index in [1.807, 2.05) is 0 Å². The SMILES string of the molecule is COCCNC(=O)C(C)NCC(O)C(F)F. The van der Waals surface area contributed by atoms with Crippen molar-refractivity contribution in [2.45, 2.75) is 25.5 Å². The van der Waals surface area contributed by atoms with E-state index in [-0.39, 0.29) is 12.5 Å². The number of hydrogen-bond donors (Lipinski definition) is 3. The van der Waals surface area contributed by atoms with Crippen LogP contribution in [0, 0.1) is 0 Å². The molecule has 3 N–H and O–H groups in total. The average Bonchev–Trinajstić information content (AvgIpc) is 2.25. The molecule has 0 spiro atoms. The van der Waals surface area contributed by atoms with Crippen LogP contribution in [0.3, 0.4) is 0 Å². The van der Waals surface area contributed by atoms with E-state index in [1.54, 1.807) is 0 Å². The number of aliphatic hydroxyl groups is 1. The summed E-state index contributed by atoms with van der Waals surface area (Å²) in [7, 11) is 1.51. The molecule has 0 bridgehead atoms. The van der Waals surface area contributed by atoms with Crippen molar-refractivity contribution in [3.8, 4) is 0 Å². The molecule has 1 amide bonds. The van der Waals surface area contributed by atoms with E-state index < -0.39 is 18.6 Å². The minimum absolute atomic E-state index is 0.321. The predicted octanol–water partition coefficient (Wildman–Crippen LogP) is -0.647. The first-order valence-electron chi connectivity index (χ1n) is 4.95. The summed E-state index contributed by atoms with van der Waals surface area (Å²) in [5, 5.41) is 13.9. The molecule has 0 heterocycles. The van der Waals surface area contributed by atoms with Crippen LogP contribution in [0.15, 0.2) is 0 Å². The minimum Gasteiger partial charge on any atom is -0.386 e. The van der Waals surface area contributed by atoms with E-state index in [4.69, 9.17) is 9.84 Å². The monoisotopic (exact) mass is 240 g/mol. The van der Waals surface area contributed by atoms with Crippen LogP contribution in [0.2, 0.25) is 0 Å². The van der Waals surface area contributed by atoms with Crippen molar-refractivity contribution < 1.29 is 23.4 Å². The van der Waals surface area contributed by atoms with E-state index in [0.717, 1.165) is 0 Å². The summed E-state index contributed by atoms with van der Waals surface area (Å²) in [6, 6.07) is -0.634. The van der Waals surface area contributed by atoms with Gasteiger partial charge in [0.2, 0.25) is 5.91 Å². The molecule has 7 heteroatoms. The third kappa shape index (κ3) is 6.65. The van der Waals surface area contributed by atoms with Gasteiger partial charge < -0.3 is 20.5 Å². The van der Waals surface area contributed by atoms with E-state index in [2.05, 4.69) is 10.6 Å². The van der Waals surface area contributed by atoms with Gasteiger partial charge in [-0.15, -0.1) is 0 Å². The number of carbonyl (C=O) groups excluding carboxylic acids is 1. The number of nitrogens with one attached hydrogen (secondary N) is 2. The maximum absolute atomic E-state index is 11.9. The Bertz CT molecular complexity index is 205. The molecule has 0 saturated heterocycles. The van der Waals surface area contributed by atoms with Crippen LogP contribution in [0.4, 0.5) is 8.78 Å². The van der Waals surface area contributed by atoms with E-state index >= 15 is 0 Å². The predicted molar refractivity (Wildman–Crippen MR) is 54.4 cm³/mol. The van der Waals surface area contributed by atoms with Crippen molar-refractivity contribution in [1.29, 1.82) is 0 Å². The quantitative estimate of drug-likeness (QED) is 0.493. The summed E-state index contributed by atoms with van der Waals surface area (Å²) in [6.45, 7) is 1.95. The highest BCUT2D eigenvalue weighted by molar-refractivity contribution is 5.81. The molecule has 5 nitrogen and oxygen atoms in total. The number of halogens is 2. The van der Waals surface area contributed by atoms with E-state index in [0.29, 0.717) is 13.2 Å². The lowest BCUT2D eigenvalue weighted by Crippen LogP contribution is -2.46. The lowest BCUT2D eigenvalue weighted by Gasteiger charge is -2.16. The molecule has 0 rings (SSSR count). The Labute approximate surface area is 93.2 Å². The number of carbonyl (C=O) groups is 1. The van der Waals surface area contributed by atoms with Crippen LogP contribution < -0.4 is 10.6 Å². The first kappa shape index (κ1) is 15.2. The summed E-state index contributed by atoms with van der Waals surface area (Å²) in [5.41, 5.74) is 0. The maximum atomic E-state index is 11.9. The summed E-state index contributed by atoms with van der Waals surface area (Å²) in [5.74, 6) is -0.321. The zero-order valence-corrected chi connectivity index (χ0v) is 9.37. The Morgan fingerprint density at radius 1 is 1.50 bits per heavy atom. The number of ether oxygens (including phenoxy) is 1. The Balaban J connectivity index is 3.70. The van der Waals surface area contributed by atoms with Gasteiger partial charge in [-0.25, -0.2) is 8.78 Å². The van der Waals surface area contributed by atoms with Crippen molar-refractivity contribution >= 4 is 5.91 Å². The first-order chi connectivity index (χ1) is 7.49. The largest absolute Gasteiger partial charge is 0.386 e. The van der Waals surface area contributed by atoms with Crippen LogP contribution in [0.5, 0.6) is 0 Å². The molecule has 96 valence electrons.